The van der Waals surface area contributed by atoms with Crippen molar-refractivity contribution >= 4 is 5.65 Å². The minimum atomic E-state index is -0.190. The first-order valence-corrected chi connectivity index (χ1v) is 7.08. The fourth-order valence-electron chi connectivity index (χ4n) is 2.53. The molecule has 0 bridgehead atoms. The first-order chi connectivity index (χ1) is 11.2. The summed E-state index contributed by atoms with van der Waals surface area (Å²) in [6.45, 7) is 0. The molecule has 0 fully saturated rings. The van der Waals surface area contributed by atoms with Crippen LogP contribution in [-0.4, -0.2) is 19.6 Å². The van der Waals surface area contributed by atoms with Gasteiger partial charge in [0.1, 0.15) is 0 Å². The number of fused-ring (bicyclic) bond motifs is 1. The van der Waals surface area contributed by atoms with Gasteiger partial charge in [-0.3, -0.25) is 14.7 Å². The monoisotopic (exact) mass is 304 g/mol. The van der Waals surface area contributed by atoms with Gasteiger partial charge in [0, 0.05) is 41.2 Å². The number of aromatic nitrogens is 4. The molecular formula is C17H12N4O2. The molecule has 0 atom stereocenters. The van der Waals surface area contributed by atoms with Crippen LogP contribution in [0.1, 0.15) is 0 Å². The molecule has 4 aromatic rings. The van der Waals surface area contributed by atoms with E-state index in [4.69, 9.17) is 0 Å². The van der Waals surface area contributed by atoms with Gasteiger partial charge in [-0.05, 0) is 6.07 Å². The lowest BCUT2D eigenvalue weighted by molar-refractivity contribution is 0.901. The molecule has 3 aromatic heterocycles. The molecule has 6 nitrogen and oxygen atoms in total. The molecule has 3 heterocycles. The van der Waals surface area contributed by atoms with Crippen molar-refractivity contribution in [2.24, 2.45) is 0 Å². The van der Waals surface area contributed by atoms with Gasteiger partial charge in [0.25, 0.3) is 5.56 Å². The van der Waals surface area contributed by atoms with Gasteiger partial charge in [-0.2, -0.15) is 0 Å². The second-order valence-electron chi connectivity index (χ2n) is 5.13. The summed E-state index contributed by atoms with van der Waals surface area (Å²) in [6.07, 6.45) is 3.30. The number of rotatable bonds is 2. The van der Waals surface area contributed by atoms with Crippen LogP contribution < -0.4 is 11.1 Å². The normalized spacial score (nSPS) is 11.0. The Hall–Kier alpha value is -3.41. The van der Waals surface area contributed by atoms with Gasteiger partial charge in [-0.15, -0.1) is 0 Å². The van der Waals surface area contributed by atoms with E-state index in [2.05, 4.69) is 15.1 Å². The van der Waals surface area contributed by atoms with Crippen LogP contribution in [0.3, 0.4) is 0 Å². The van der Waals surface area contributed by atoms with Crippen LogP contribution in [0.25, 0.3) is 28.0 Å². The largest absolute Gasteiger partial charge is 0.328 e. The summed E-state index contributed by atoms with van der Waals surface area (Å²) in [5.74, 6) is 0. The average molecular weight is 304 g/mol. The standard InChI is InChI=1S/C17H12N4O2/c22-15-7-6-12(9-18-15)13-10-19-21-16(23)8-14(20-17(13)21)11-4-2-1-3-5-11/h1-10,19H,(H,18,22). The van der Waals surface area contributed by atoms with E-state index in [1.54, 1.807) is 18.5 Å². The predicted molar refractivity (Wildman–Crippen MR) is 87.3 cm³/mol. The number of nitrogens with zero attached hydrogens (tertiary/aromatic N) is 2. The lowest BCUT2D eigenvalue weighted by Crippen LogP contribution is -2.14. The average Bonchev–Trinajstić information content (AvgIpc) is 3.01. The van der Waals surface area contributed by atoms with Gasteiger partial charge in [-0.1, -0.05) is 30.3 Å². The topological polar surface area (TPSA) is 83.0 Å². The van der Waals surface area contributed by atoms with E-state index in [0.717, 1.165) is 16.7 Å². The van der Waals surface area contributed by atoms with Gasteiger partial charge in [0.2, 0.25) is 5.56 Å². The maximum Gasteiger partial charge on any atom is 0.273 e. The quantitative estimate of drug-likeness (QED) is 0.594. The Bertz CT molecular complexity index is 1090. The number of aromatic amines is 2. The lowest BCUT2D eigenvalue weighted by atomic mass is 10.1. The van der Waals surface area contributed by atoms with Gasteiger partial charge < -0.3 is 4.98 Å². The Morgan fingerprint density at radius 3 is 2.48 bits per heavy atom. The van der Waals surface area contributed by atoms with Crippen molar-refractivity contribution in [3.8, 4) is 22.4 Å². The zero-order valence-electron chi connectivity index (χ0n) is 12.0. The highest BCUT2D eigenvalue weighted by molar-refractivity contribution is 5.77. The highest BCUT2D eigenvalue weighted by Gasteiger charge is 2.11. The van der Waals surface area contributed by atoms with Gasteiger partial charge in [0.05, 0.1) is 5.69 Å². The summed E-state index contributed by atoms with van der Waals surface area (Å²) in [5.41, 5.74) is 3.16. The molecule has 0 aliphatic carbocycles. The molecule has 23 heavy (non-hydrogen) atoms. The van der Waals surface area contributed by atoms with E-state index in [9.17, 15) is 9.59 Å². The Morgan fingerprint density at radius 2 is 1.74 bits per heavy atom. The SMILES string of the molecule is O=c1ccc(-c2c[nH]n3c(=O)cc(-c4ccccc4)nc23)c[nH]1. The second kappa shape index (κ2) is 5.10. The molecule has 4 rings (SSSR count). The maximum atomic E-state index is 12.3. The smallest absolute Gasteiger partial charge is 0.273 e. The zero-order valence-corrected chi connectivity index (χ0v) is 12.0. The molecule has 0 spiro atoms. The van der Waals surface area contributed by atoms with Crippen LogP contribution in [0, 0.1) is 0 Å². The fourth-order valence-corrected chi connectivity index (χ4v) is 2.53. The molecule has 0 saturated carbocycles. The van der Waals surface area contributed by atoms with Crippen molar-refractivity contribution in [2.45, 2.75) is 0 Å². The summed E-state index contributed by atoms with van der Waals surface area (Å²) < 4.78 is 1.38. The molecule has 0 radical (unpaired) electrons. The Balaban J connectivity index is 1.97. The molecule has 2 N–H and O–H groups in total. The Morgan fingerprint density at radius 1 is 0.913 bits per heavy atom. The van der Waals surface area contributed by atoms with Crippen LogP contribution in [0.2, 0.25) is 0 Å². The van der Waals surface area contributed by atoms with Gasteiger partial charge in [-0.25, -0.2) is 9.50 Å². The van der Waals surface area contributed by atoms with Crippen molar-refractivity contribution in [3.63, 3.8) is 0 Å². The molecule has 0 amide bonds. The van der Waals surface area contributed by atoms with E-state index in [-0.39, 0.29) is 11.1 Å². The van der Waals surface area contributed by atoms with Crippen molar-refractivity contribution < 1.29 is 0 Å². The molecule has 0 aliphatic rings. The highest BCUT2D eigenvalue weighted by atomic mass is 16.1. The van der Waals surface area contributed by atoms with Crippen LogP contribution in [-0.2, 0) is 0 Å². The van der Waals surface area contributed by atoms with Crippen molar-refractivity contribution in [2.75, 3.05) is 0 Å². The Labute approximate surface area is 130 Å². The molecule has 0 saturated heterocycles. The highest BCUT2D eigenvalue weighted by Crippen LogP contribution is 2.23. The molecule has 6 heteroatoms. The minimum Gasteiger partial charge on any atom is -0.328 e. The molecule has 0 unspecified atom stereocenters. The number of H-pyrrole nitrogens is 2. The van der Waals surface area contributed by atoms with E-state index < -0.39 is 0 Å². The van der Waals surface area contributed by atoms with Crippen LogP contribution in [0.5, 0.6) is 0 Å². The fraction of sp³-hybridized carbons (Fsp3) is 0. The molecule has 1 aromatic carbocycles. The van der Waals surface area contributed by atoms with Crippen LogP contribution in [0.4, 0.5) is 0 Å². The van der Waals surface area contributed by atoms with Crippen molar-refractivity contribution in [1.82, 2.24) is 19.6 Å². The third-order valence-electron chi connectivity index (χ3n) is 3.66. The predicted octanol–water partition coefficient (Wildman–Crippen LogP) is 2.04. The van der Waals surface area contributed by atoms with Gasteiger partial charge >= 0.3 is 0 Å². The number of nitrogens with one attached hydrogen (secondary N) is 2. The lowest BCUT2D eigenvalue weighted by Gasteiger charge is -2.03. The van der Waals surface area contributed by atoms with Crippen LogP contribution in [0.15, 0.2) is 70.5 Å². The molecule has 0 aliphatic heterocycles. The third-order valence-corrected chi connectivity index (χ3v) is 3.66. The molecular weight excluding hydrogens is 292 g/mol. The van der Waals surface area contributed by atoms with E-state index >= 15 is 0 Å². The summed E-state index contributed by atoms with van der Waals surface area (Å²) in [4.78, 5) is 30.8. The summed E-state index contributed by atoms with van der Waals surface area (Å²) in [5, 5.41) is 2.90. The van der Waals surface area contributed by atoms with E-state index in [1.807, 2.05) is 30.3 Å². The number of hydrogen-bond donors (Lipinski definition) is 2. The Kier molecular flexibility index (Phi) is 2.94. The summed E-state index contributed by atoms with van der Waals surface area (Å²) >= 11 is 0. The van der Waals surface area contributed by atoms with Crippen molar-refractivity contribution in [3.05, 3.63) is 81.6 Å². The summed E-state index contributed by atoms with van der Waals surface area (Å²) in [7, 11) is 0. The van der Waals surface area contributed by atoms with E-state index in [1.165, 1.54) is 16.6 Å². The zero-order chi connectivity index (χ0) is 15.8. The number of benzene rings is 1. The van der Waals surface area contributed by atoms with Gasteiger partial charge in [0.15, 0.2) is 5.65 Å². The van der Waals surface area contributed by atoms with E-state index in [0.29, 0.717) is 11.3 Å². The first kappa shape index (κ1) is 13.3. The van der Waals surface area contributed by atoms with Crippen molar-refractivity contribution in [1.29, 1.82) is 0 Å². The number of pyridine rings is 1. The first-order valence-electron chi connectivity index (χ1n) is 7.08. The minimum absolute atomic E-state index is 0.177. The van der Waals surface area contributed by atoms with Crippen LogP contribution >= 0.6 is 0 Å². The molecule has 112 valence electrons. The second-order valence-corrected chi connectivity index (χ2v) is 5.13. The number of hydrogen-bond acceptors (Lipinski definition) is 3. The third kappa shape index (κ3) is 2.26. The summed E-state index contributed by atoms with van der Waals surface area (Å²) in [6, 6.07) is 14.2. The maximum absolute atomic E-state index is 12.3.